The molecule has 0 aliphatic carbocycles. The molecule has 11 N–H and O–H groups in total. The van der Waals surface area contributed by atoms with Crippen LogP contribution in [0, 0.1) is 0 Å². The summed E-state index contributed by atoms with van der Waals surface area (Å²) < 4.78 is 89.7. The highest BCUT2D eigenvalue weighted by molar-refractivity contribution is 7.99. The summed E-state index contributed by atoms with van der Waals surface area (Å²) in [5, 5.41) is 2.66. The Bertz CT molecular complexity index is 1750. The topological polar surface area (TPSA) is 198 Å². The molecule has 296 valence electrons. The molecule has 0 amide bonds. The Labute approximate surface area is 314 Å². The number of guanidine groups is 1. The van der Waals surface area contributed by atoms with Gasteiger partial charge in [0.15, 0.2) is 5.96 Å². The monoisotopic (exact) mass is 783 g/mol. The Kier molecular flexibility index (Phi) is 17.1. The van der Waals surface area contributed by atoms with Crippen LogP contribution in [0.25, 0.3) is 0 Å². The van der Waals surface area contributed by atoms with Crippen molar-refractivity contribution in [3.05, 3.63) is 81.9 Å². The number of hydrogen-bond donors (Lipinski definition) is 6. The lowest BCUT2D eigenvalue weighted by Gasteiger charge is -2.18. The largest absolute Gasteiger partial charge is 0.457 e. The predicted octanol–water partition coefficient (Wildman–Crippen LogP) is 5.74. The number of rotatable bonds is 22. The van der Waals surface area contributed by atoms with Gasteiger partial charge in [-0.05, 0) is 90.9 Å². The highest BCUT2D eigenvalue weighted by Gasteiger charge is 2.35. The Morgan fingerprint density at radius 2 is 1.46 bits per heavy atom. The average Bonchev–Trinajstić information content (AvgIpc) is 3.09. The summed E-state index contributed by atoms with van der Waals surface area (Å²) in [7, 11) is 0. The molecule has 3 aromatic carbocycles. The Morgan fingerprint density at radius 1 is 0.759 bits per heavy atom. The summed E-state index contributed by atoms with van der Waals surface area (Å²) in [5.41, 5.74) is 26.9. The van der Waals surface area contributed by atoms with Crippen molar-refractivity contribution in [1.82, 2.24) is 0 Å². The zero-order valence-corrected chi connectivity index (χ0v) is 30.6. The molecule has 0 atom stereocenters. The number of Topliss-reactive ketones (excluding diaryl/α,β-unsaturated/α-hetero) is 2. The van der Waals surface area contributed by atoms with Gasteiger partial charge in [-0.25, -0.2) is 0 Å². The van der Waals surface area contributed by atoms with Crippen LogP contribution in [0.3, 0.4) is 0 Å². The number of thioether (sulfide) groups is 1. The maximum absolute atomic E-state index is 14.1. The van der Waals surface area contributed by atoms with Crippen molar-refractivity contribution in [1.29, 1.82) is 0 Å². The zero-order chi connectivity index (χ0) is 39.9. The van der Waals surface area contributed by atoms with E-state index in [2.05, 4.69) is 10.3 Å². The van der Waals surface area contributed by atoms with E-state index >= 15 is 0 Å². The molecule has 17 heteroatoms. The van der Waals surface area contributed by atoms with E-state index in [-0.39, 0.29) is 85.4 Å². The van der Waals surface area contributed by atoms with E-state index in [4.69, 9.17) is 33.4 Å². The lowest BCUT2D eigenvalue weighted by molar-refractivity contribution is -0.138. The third kappa shape index (κ3) is 14.2. The molecule has 54 heavy (non-hydrogen) atoms. The van der Waals surface area contributed by atoms with Crippen molar-refractivity contribution in [2.45, 2.75) is 68.6 Å². The summed E-state index contributed by atoms with van der Waals surface area (Å²) in [6.07, 6.45) is -8.21. The van der Waals surface area contributed by atoms with Crippen LogP contribution in [0.4, 0.5) is 32.0 Å². The van der Waals surface area contributed by atoms with Crippen LogP contribution in [0.15, 0.2) is 58.4 Å². The van der Waals surface area contributed by atoms with E-state index in [1.54, 1.807) is 12.1 Å². The second-order valence-corrected chi connectivity index (χ2v) is 13.6. The number of halogens is 6. The Hall–Kier alpha value is -4.32. The van der Waals surface area contributed by atoms with Crippen LogP contribution < -0.4 is 38.7 Å². The second kappa shape index (κ2) is 21.0. The molecular weight excluding hydrogens is 737 g/mol. The van der Waals surface area contributed by atoms with Gasteiger partial charge in [-0.2, -0.15) is 26.3 Å². The van der Waals surface area contributed by atoms with Gasteiger partial charge in [-0.1, -0.05) is 12.1 Å². The first-order valence-corrected chi connectivity index (χ1v) is 18.3. The first-order chi connectivity index (χ1) is 25.5. The molecule has 3 aromatic rings. The number of carbonyl (C=O) groups is 2. The highest BCUT2D eigenvalue weighted by Crippen LogP contribution is 2.39. The van der Waals surface area contributed by atoms with Crippen LogP contribution in [-0.2, 0) is 47.6 Å². The maximum Gasteiger partial charge on any atom is 0.418 e. The van der Waals surface area contributed by atoms with Crippen molar-refractivity contribution in [3.63, 3.8) is 0 Å². The summed E-state index contributed by atoms with van der Waals surface area (Å²) >= 11 is 1.19. The third-order valence-corrected chi connectivity index (χ3v) is 9.28. The fraction of sp³-hybridized carbons (Fsp3) is 0.432. The number of nitrogens with zero attached hydrogens (tertiary/aromatic N) is 1. The maximum atomic E-state index is 14.1. The van der Waals surface area contributed by atoms with E-state index in [1.807, 2.05) is 0 Å². The lowest BCUT2D eigenvalue weighted by atomic mass is 9.95. The standard InChI is InChI=1S/C37H47F6N7O3S/c38-36(39,40)27-18-25(20-28(51)5-1-2-13-50-35(47)48)34(54-15-12-46)26(19-27)21-29(52)17-23-6-9-33(24(16-23)4-3-10-44)53-30-7-8-32(49-14-11-45)31(22-30)37(41,42)43/h6-9,16,18-19,22,49H,1-5,10-15,17,20-21,44-46H2,(H4,47,48,50). The molecular formula is C37H47F6N7O3S. The first kappa shape index (κ1) is 44.1. The van der Waals surface area contributed by atoms with Gasteiger partial charge in [0.25, 0.3) is 0 Å². The summed E-state index contributed by atoms with van der Waals surface area (Å²) in [6.45, 7) is 1.11. The van der Waals surface area contributed by atoms with E-state index in [0.29, 0.717) is 60.5 Å². The van der Waals surface area contributed by atoms with Crippen LogP contribution in [0.2, 0.25) is 0 Å². The summed E-state index contributed by atoms with van der Waals surface area (Å²) in [4.78, 5) is 30.7. The van der Waals surface area contributed by atoms with Gasteiger partial charge in [0.05, 0.1) is 11.1 Å². The number of unbranched alkanes of at least 4 members (excludes halogenated alkanes) is 1. The van der Waals surface area contributed by atoms with Crippen LogP contribution in [0.5, 0.6) is 11.5 Å². The molecule has 0 aliphatic heterocycles. The number of carbonyl (C=O) groups excluding carboxylic acids is 2. The smallest absolute Gasteiger partial charge is 0.418 e. The third-order valence-electron chi connectivity index (χ3n) is 8.03. The number of nitrogens with one attached hydrogen (secondary N) is 1. The number of benzene rings is 3. The van der Waals surface area contributed by atoms with Crippen molar-refractivity contribution in [3.8, 4) is 11.5 Å². The lowest BCUT2D eigenvalue weighted by Crippen LogP contribution is -2.22. The number of ether oxygens (including phenoxy) is 1. The van der Waals surface area contributed by atoms with Gasteiger partial charge < -0.3 is 38.7 Å². The first-order valence-electron chi connectivity index (χ1n) is 17.3. The number of hydrogen-bond acceptors (Lipinski definition) is 9. The van der Waals surface area contributed by atoms with Gasteiger partial charge in [0, 0.05) is 68.2 Å². The minimum Gasteiger partial charge on any atom is -0.457 e. The fourth-order valence-electron chi connectivity index (χ4n) is 5.61. The number of aryl methyl sites for hydroxylation is 1. The number of anilines is 1. The summed E-state index contributed by atoms with van der Waals surface area (Å²) in [6, 6.07) is 10.2. The predicted molar refractivity (Wildman–Crippen MR) is 200 cm³/mol. The van der Waals surface area contributed by atoms with Crippen LogP contribution in [-0.4, -0.2) is 56.0 Å². The normalized spacial score (nSPS) is 11.7. The van der Waals surface area contributed by atoms with Crippen molar-refractivity contribution >= 4 is 35.0 Å². The SMILES string of the molecule is NCCCc1cc(CC(=O)Cc2cc(C(F)(F)F)cc(CC(=O)CCCCN=C(N)N)c2SCCN)ccc1Oc1ccc(NCCN)c(C(F)(F)F)c1. The summed E-state index contributed by atoms with van der Waals surface area (Å²) in [5.74, 6) is -0.200. The molecule has 0 fully saturated rings. The molecule has 0 bridgehead atoms. The quantitative estimate of drug-likeness (QED) is 0.0240. The minimum atomic E-state index is -4.73. The Balaban J connectivity index is 1.89. The van der Waals surface area contributed by atoms with Gasteiger partial charge in [-0.3, -0.25) is 14.6 Å². The van der Waals surface area contributed by atoms with Crippen molar-refractivity contribution in [2.75, 3.05) is 43.8 Å². The van der Waals surface area contributed by atoms with E-state index in [0.717, 1.165) is 18.2 Å². The molecule has 0 saturated carbocycles. The van der Waals surface area contributed by atoms with E-state index < -0.39 is 29.3 Å². The van der Waals surface area contributed by atoms with Gasteiger partial charge in [0.1, 0.15) is 23.1 Å². The molecule has 0 heterocycles. The molecule has 0 saturated heterocycles. The minimum absolute atomic E-state index is 0.0641. The van der Waals surface area contributed by atoms with Crippen molar-refractivity contribution in [2.24, 2.45) is 33.7 Å². The fourth-order valence-corrected chi connectivity index (χ4v) is 6.57. The molecule has 0 aliphatic rings. The molecule has 0 radical (unpaired) electrons. The van der Waals surface area contributed by atoms with Gasteiger partial charge in [0.2, 0.25) is 0 Å². The van der Waals surface area contributed by atoms with E-state index in [9.17, 15) is 35.9 Å². The van der Waals surface area contributed by atoms with Gasteiger partial charge >= 0.3 is 12.4 Å². The number of nitrogens with two attached hydrogens (primary N) is 5. The molecule has 10 nitrogen and oxygen atoms in total. The van der Waals surface area contributed by atoms with E-state index in [1.165, 1.54) is 30.0 Å². The number of ketones is 2. The Morgan fingerprint density at radius 3 is 2.07 bits per heavy atom. The second-order valence-electron chi connectivity index (χ2n) is 12.5. The van der Waals surface area contributed by atoms with Crippen LogP contribution >= 0.6 is 11.8 Å². The van der Waals surface area contributed by atoms with Gasteiger partial charge in [-0.15, -0.1) is 11.8 Å². The highest BCUT2D eigenvalue weighted by atomic mass is 32.2. The van der Waals surface area contributed by atoms with Crippen LogP contribution in [0.1, 0.15) is 59.1 Å². The number of alkyl halides is 6. The molecule has 0 unspecified atom stereocenters. The van der Waals surface area contributed by atoms with Crippen molar-refractivity contribution < 1.29 is 40.7 Å². The average molecular weight is 784 g/mol. The molecule has 0 aromatic heterocycles. The molecule has 0 spiro atoms. The zero-order valence-electron chi connectivity index (χ0n) is 29.8. The number of aliphatic imine (C=N–C) groups is 1. The molecule has 3 rings (SSSR count).